The second-order valence-electron chi connectivity index (χ2n) is 4.78. The lowest BCUT2D eigenvalue weighted by molar-refractivity contribution is 0.537. The van der Waals surface area contributed by atoms with Crippen LogP contribution in [0.4, 0.5) is 0 Å². The van der Waals surface area contributed by atoms with E-state index in [9.17, 15) is 25.3 Å². The second kappa shape index (κ2) is 9.78. The lowest BCUT2D eigenvalue weighted by Crippen LogP contribution is -2.61. The van der Waals surface area contributed by atoms with E-state index in [0.29, 0.717) is 6.92 Å². The minimum absolute atomic E-state index is 0.320. The summed E-state index contributed by atoms with van der Waals surface area (Å²) in [6.45, 7) is -1.05. The fraction of sp³-hybridized carbons (Fsp3) is 0.727. The first-order valence-electron chi connectivity index (χ1n) is 7.02. The van der Waals surface area contributed by atoms with Crippen LogP contribution in [0.1, 0.15) is 26.2 Å². The molecule has 0 spiro atoms. The van der Waals surface area contributed by atoms with Gasteiger partial charge in [-0.15, -0.1) is 0 Å². The van der Waals surface area contributed by atoms with E-state index in [2.05, 4.69) is 0 Å². The van der Waals surface area contributed by atoms with Crippen molar-refractivity contribution in [3.05, 3.63) is 0 Å². The normalized spacial score (nSPS) is 12.7. The Morgan fingerprint density at radius 2 is 0.885 bits per heavy atom. The summed E-state index contributed by atoms with van der Waals surface area (Å²) in [5.41, 5.74) is 0. The van der Waals surface area contributed by atoms with Gasteiger partial charge in [-0.25, -0.2) is 39.4 Å². The average molecular weight is 427 g/mol. The molecule has 0 unspecified atom stereocenters. The molecule has 0 radical (unpaired) electrons. The molecule has 0 aromatic heterocycles. The fourth-order valence-electron chi connectivity index (χ4n) is 1.55. The highest BCUT2D eigenvalue weighted by Gasteiger charge is 2.61. The summed E-state index contributed by atoms with van der Waals surface area (Å²) in [6, 6.07) is 4.87. The second-order valence-corrected chi connectivity index (χ2v) is 11.9. The van der Waals surface area contributed by atoms with E-state index in [1.165, 1.54) is 0 Å². The zero-order chi connectivity index (χ0) is 20.5. The van der Waals surface area contributed by atoms with Crippen LogP contribution < -0.4 is 14.2 Å². The fourth-order valence-corrected chi connectivity index (χ4v) is 7.98. The highest BCUT2D eigenvalue weighted by Crippen LogP contribution is 2.29. The van der Waals surface area contributed by atoms with Crippen molar-refractivity contribution >= 4 is 30.1 Å². The van der Waals surface area contributed by atoms with Crippen LogP contribution >= 0.6 is 0 Å². The molecule has 0 aromatic carbocycles. The van der Waals surface area contributed by atoms with Crippen LogP contribution in [0.2, 0.25) is 0 Å². The number of rotatable bonds is 12. The molecular formula is C11H18N6O6S3. The lowest BCUT2D eigenvalue weighted by atomic mass is 10.5. The Kier molecular flexibility index (Phi) is 9.10. The quantitative estimate of drug-likeness (QED) is 0.299. The Hall–Kier alpha value is -1.80. The molecule has 12 nitrogen and oxygen atoms in total. The minimum Gasteiger partial charge on any atom is -0.212 e. The molecule has 0 heterocycles. The van der Waals surface area contributed by atoms with Crippen molar-refractivity contribution < 1.29 is 25.3 Å². The van der Waals surface area contributed by atoms with Crippen molar-refractivity contribution in [3.63, 3.8) is 0 Å². The summed E-state index contributed by atoms with van der Waals surface area (Å²) in [6.07, 6.45) is -0.961. The van der Waals surface area contributed by atoms with Gasteiger partial charge in [0.15, 0.2) is 0 Å². The summed E-state index contributed by atoms with van der Waals surface area (Å²) < 4.78 is 76.9. The van der Waals surface area contributed by atoms with Crippen LogP contribution in [0.25, 0.3) is 0 Å². The summed E-state index contributed by atoms with van der Waals surface area (Å²) in [7, 11) is -15.2. The van der Waals surface area contributed by atoms with Gasteiger partial charge in [0.2, 0.25) is 30.1 Å². The first-order chi connectivity index (χ1) is 11.9. The number of nitrogens with zero attached hydrogens (tertiary/aromatic N) is 3. The Labute approximate surface area is 152 Å². The Morgan fingerprint density at radius 3 is 1.08 bits per heavy atom. The molecule has 0 aliphatic carbocycles. The number of sulfonamides is 3. The van der Waals surface area contributed by atoms with Crippen molar-refractivity contribution in [2.24, 2.45) is 0 Å². The third-order valence-corrected chi connectivity index (χ3v) is 11.7. The first kappa shape index (κ1) is 24.2. The van der Waals surface area contributed by atoms with Crippen LogP contribution in [0, 0.1) is 34.0 Å². The summed E-state index contributed by atoms with van der Waals surface area (Å²) in [5, 5.41) is 25.4. The van der Waals surface area contributed by atoms with Crippen molar-refractivity contribution in [2.75, 3.05) is 19.6 Å². The van der Waals surface area contributed by atoms with E-state index in [1.54, 1.807) is 32.4 Å². The van der Waals surface area contributed by atoms with Gasteiger partial charge in [-0.2, -0.15) is 15.8 Å². The van der Waals surface area contributed by atoms with E-state index in [4.69, 9.17) is 15.8 Å². The van der Waals surface area contributed by atoms with Gasteiger partial charge in [0.1, 0.15) is 0 Å². The molecule has 0 bridgehead atoms. The largest absolute Gasteiger partial charge is 0.310 e. The molecular weight excluding hydrogens is 408 g/mol. The molecule has 0 aliphatic rings. The summed E-state index contributed by atoms with van der Waals surface area (Å²) in [4.78, 5) is 0. The summed E-state index contributed by atoms with van der Waals surface area (Å²) in [5.74, 6) is 0. The SMILES string of the molecule is CC(S(=O)(=O)NCCC#N)(S(=O)(=O)NCCC#N)S(=O)(=O)NCCC#N. The molecule has 0 amide bonds. The molecule has 0 aromatic rings. The number of hydrogen-bond acceptors (Lipinski definition) is 9. The molecule has 0 saturated carbocycles. The van der Waals surface area contributed by atoms with Crippen LogP contribution in [-0.4, -0.2) is 48.3 Å². The van der Waals surface area contributed by atoms with E-state index in [1.807, 2.05) is 0 Å². The molecule has 0 aliphatic heterocycles. The lowest BCUT2D eigenvalue weighted by Gasteiger charge is -2.28. The molecule has 26 heavy (non-hydrogen) atoms. The highest BCUT2D eigenvalue weighted by atomic mass is 32.3. The van der Waals surface area contributed by atoms with Crippen molar-refractivity contribution in [2.45, 2.75) is 29.6 Å². The van der Waals surface area contributed by atoms with Gasteiger partial charge in [0, 0.05) is 38.9 Å². The Balaban J connectivity index is 6.16. The van der Waals surface area contributed by atoms with Crippen LogP contribution in [-0.2, 0) is 30.1 Å². The van der Waals surface area contributed by atoms with Gasteiger partial charge in [0.25, 0.3) is 0 Å². The van der Waals surface area contributed by atoms with Gasteiger partial charge >= 0.3 is 3.41 Å². The standard InChI is InChI=1S/C11H18N6O6S3/c1-11(24(18,19)15-8-2-5-12,25(20,21)16-9-3-6-13)26(22,23)17-10-4-7-14/h15-17H,2-4,8-10H2,1H3. The average Bonchev–Trinajstić information content (AvgIpc) is 2.54. The molecule has 0 saturated heterocycles. The monoisotopic (exact) mass is 426 g/mol. The molecule has 0 rings (SSSR count). The molecule has 0 fully saturated rings. The number of nitriles is 3. The maximum absolute atomic E-state index is 12.5. The van der Waals surface area contributed by atoms with Crippen molar-refractivity contribution in [1.29, 1.82) is 15.8 Å². The predicted molar refractivity (Wildman–Crippen MR) is 89.9 cm³/mol. The third-order valence-electron chi connectivity index (χ3n) is 3.05. The van der Waals surface area contributed by atoms with Crippen LogP contribution in [0.5, 0.6) is 0 Å². The van der Waals surface area contributed by atoms with E-state index in [-0.39, 0.29) is 19.3 Å². The maximum atomic E-state index is 12.5. The number of hydrogen-bond donors (Lipinski definition) is 3. The van der Waals surface area contributed by atoms with Gasteiger partial charge in [-0.05, 0) is 6.92 Å². The van der Waals surface area contributed by atoms with Gasteiger partial charge in [-0.1, -0.05) is 0 Å². The third kappa shape index (κ3) is 5.35. The summed E-state index contributed by atoms with van der Waals surface area (Å²) >= 11 is 0. The van der Waals surface area contributed by atoms with Gasteiger partial charge < -0.3 is 0 Å². The molecule has 15 heteroatoms. The zero-order valence-electron chi connectivity index (χ0n) is 13.8. The van der Waals surface area contributed by atoms with Crippen molar-refractivity contribution in [3.8, 4) is 18.2 Å². The first-order valence-corrected chi connectivity index (χ1v) is 11.5. The molecule has 0 atom stereocenters. The topological polar surface area (TPSA) is 210 Å². The predicted octanol–water partition coefficient (Wildman–Crippen LogP) is -1.84. The number of nitrogens with one attached hydrogen (secondary N) is 3. The zero-order valence-corrected chi connectivity index (χ0v) is 16.2. The van der Waals surface area contributed by atoms with Crippen LogP contribution in [0.15, 0.2) is 0 Å². The van der Waals surface area contributed by atoms with E-state index >= 15 is 0 Å². The van der Waals surface area contributed by atoms with Gasteiger partial charge in [0.05, 0.1) is 18.2 Å². The molecule has 146 valence electrons. The van der Waals surface area contributed by atoms with E-state index < -0.39 is 53.1 Å². The van der Waals surface area contributed by atoms with E-state index in [0.717, 1.165) is 0 Å². The maximum Gasteiger partial charge on any atom is 0.310 e. The Morgan fingerprint density at radius 1 is 0.654 bits per heavy atom. The Bertz CT molecular complexity index is 799. The smallest absolute Gasteiger partial charge is 0.212 e. The van der Waals surface area contributed by atoms with Crippen molar-refractivity contribution in [1.82, 2.24) is 14.2 Å². The minimum atomic E-state index is -5.05. The highest BCUT2D eigenvalue weighted by molar-refractivity contribution is 8.24. The molecule has 3 N–H and O–H groups in total. The van der Waals surface area contributed by atoms with Gasteiger partial charge in [-0.3, -0.25) is 0 Å². The van der Waals surface area contributed by atoms with Crippen LogP contribution in [0.3, 0.4) is 0 Å².